The van der Waals surface area contributed by atoms with Crippen molar-refractivity contribution in [1.29, 1.82) is 0 Å². The molecule has 0 aromatic heterocycles. The van der Waals surface area contributed by atoms with Crippen LogP contribution in [0.1, 0.15) is 37.4 Å². The van der Waals surface area contributed by atoms with Crippen LogP contribution in [0.5, 0.6) is 0 Å². The first-order valence-electron chi connectivity index (χ1n) is 5.35. The number of carbonyl (C=O) groups is 1. The second kappa shape index (κ2) is 5.72. The van der Waals surface area contributed by atoms with Crippen molar-refractivity contribution in [3.63, 3.8) is 0 Å². The first-order chi connectivity index (χ1) is 7.91. The number of hydrogen-bond acceptors (Lipinski definition) is 2. The van der Waals surface area contributed by atoms with Gasteiger partial charge in [-0.05, 0) is 25.5 Å². The van der Waals surface area contributed by atoms with E-state index in [1.807, 2.05) is 13.8 Å². The fourth-order valence-electron chi connectivity index (χ4n) is 1.55. The number of rotatable bonds is 5. The van der Waals surface area contributed by atoms with Crippen molar-refractivity contribution in [2.75, 3.05) is 0 Å². The number of benzene rings is 1. The minimum absolute atomic E-state index is 0.0303. The molecule has 0 aliphatic rings. The molecule has 3 N–H and O–H groups in total. The van der Waals surface area contributed by atoms with E-state index < -0.39 is 18.4 Å². The molecular formula is C12H16F2N2O. The summed E-state index contributed by atoms with van der Waals surface area (Å²) >= 11 is 0. The number of primary amides is 1. The van der Waals surface area contributed by atoms with E-state index in [0.29, 0.717) is 5.56 Å². The molecular weight excluding hydrogens is 226 g/mol. The van der Waals surface area contributed by atoms with Gasteiger partial charge in [0, 0.05) is 11.6 Å². The summed E-state index contributed by atoms with van der Waals surface area (Å²) in [5.74, 6) is -0.579. The molecule has 1 rings (SSSR count). The Balaban J connectivity index is 3.01. The topological polar surface area (TPSA) is 55.1 Å². The first-order valence-corrected chi connectivity index (χ1v) is 5.35. The van der Waals surface area contributed by atoms with Crippen LogP contribution in [-0.2, 0) is 4.79 Å². The molecule has 5 heteroatoms. The van der Waals surface area contributed by atoms with Crippen molar-refractivity contribution >= 4 is 5.91 Å². The van der Waals surface area contributed by atoms with Gasteiger partial charge >= 0.3 is 0 Å². The molecule has 0 saturated carbocycles. The van der Waals surface area contributed by atoms with Gasteiger partial charge < -0.3 is 5.73 Å². The number of alkyl halides is 2. The molecule has 0 radical (unpaired) electrons. The van der Waals surface area contributed by atoms with E-state index in [-0.39, 0.29) is 11.6 Å². The van der Waals surface area contributed by atoms with Crippen LogP contribution in [-0.4, -0.2) is 11.9 Å². The van der Waals surface area contributed by atoms with Crippen molar-refractivity contribution in [3.05, 3.63) is 35.4 Å². The number of nitrogens with one attached hydrogen (secondary N) is 1. The van der Waals surface area contributed by atoms with E-state index in [0.717, 1.165) is 0 Å². The largest absolute Gasteiger partial charge is 0.368 e. The molecule has 0 bridgehead atoms. The van der Waals surface area contributed by atoms with Gasteiger partial charge in [0.1, 0.15) is 6.04 Å². The minimum Gasteiger partial charge on any atom is -0.368 e. The first kappa shape index (κ1) is 13.6. The molecule has 0 aliphatic carbocycles. The second-order valence-electron chi connectivity index (χ2n) is 4.13. The number of hydrogen-bond donors (Lipinski definition) is 2. The summed E-state index contributed by atoms with van der Waals surface area (Å²) in [7, 11) is 0. The Morgan fingerprint density at radius 1 is 1.29 bits per heavy atom. The van der Waals surface area contributed by atoms with E-state index in [2.05, 4.69) is 5.32 Å². The van der Waals surface area contributed by atoms with Crippen LogP contribution in [0.25, 0.3) is 0 Å². The number of amides is 1. The SMILES string of the molecule is CC(C)NC(C(N)=O)c1cccc(C(F)F)c1. The van der Waals surface area contributed by atoms with Gasteiger partial charge in [0.05, 0.1) is 0 Å². The van der Waals surface area contributed by atoms with E-state index >= 15 is 0 Å². The molecule has 1 unspecified atom stereocenters. The maximum Gasteiger partial charge on any atom is 0.263 e. The average Bonchev–Trinajstić information content (AvgIpc) is 2.25. The molecule has 1 atom stereocenters. The van der Waals surface area contributed by atoms with Gasteiger partial charge in [-0.1, -0.05) is 18.2 Å². The maximum absolute atomic E-state index is 12.5. The van der Waals surface area contributed by atoms with Crippen molar-refractivity contribution < 1.29 is 13.6 Å². The zero-order valence-corrected chi connectivity index (χ0v) is 9.78. The Labute approximate surface area is 99.0 Å². The van der Waals surface area contributed by atoms with Crippen molar-refractivity contribution in [2.24, 2.45) is 5.73 Å². The summed E-state index contributed by atoms with van der Waals surface area (Å²) in [5.41, 5.74) is 5.60. The molecule has 0 spiro atoms. The van der Waals surface area contributed by atoms with Crippen LogP contribution in [0.2, 0.25) is 0 Å². The Morgan fingerprint density at radius 3 is 2.35 bits per heavy atom. The van der Waals surface area contributed by atoms with E-state index in [4.69, 9.17) is 5.73 Å². The van der Waals surface area contributed by atoms with E-state index in [9.17, 15) is 13.6 Å². The van der Waals surface area contributed by atoms with Gasteiger partial charge in [-0.25, -0.2) is 8.78 Å². The highest BCUT2D eigenvalue weighted by Gasteiger charge is 2.19. The van der Waals surface area contributed by atoms with Crippen LogP contribution in [0.3, 0.4) is 0 Å². The molecule has 1 aromatic rings. The molecule has 94 valence electrons. The van der Waals surface area contributed by atoms with Crippen LogP contribution >= 0.6 is 0 Å². The number of carbonyl (C=O) groups excluding carboxylic acids is 1. The quantitative estimate of drug-likeness (QED) is 0.831. The highest BCUT2D eigenvalue weighted by Crippen LogP contribution is 2.22. The van der Waals surface area contributed by atoms with E-state index in [1.165, 1.54) is 18.2 Å². The lowest BCUT2D eigenvalue weighted by Crippen LogP contribution is -2.37. The summed E-state index contributed by atoms with van der Waals surface area (Å²) in [4.78, 5) is 11.3. The van der Waals surface area contributed by atoms with Gasteiger partial charge in [-0.2, -0.15) is 0 Å². The van der Waals surface area contributed by atoms with Crippen molar-refractivity contribution in [2.45, 2.75) is 32.4 Å². The molecule has 0 fully saturated rings. The van der Waals surface area contributed by atoms with E-state index in [1.54, 1.807) is 6.07 Å². The van der Waals surface area contributed by atoms with Gasteiger partial charge in [-0.3, -0.25) is 10.1 Å². The standard InChI is InChI=1S/C12H16F2N2O/c1-7(2)16-10(12(15)17)8-4-3-5-9(6-8)11(13)14/h3-7,10-11,16H,1-2H3,(H2,15,17). The molecule has 0 saturated heterocycles. The van der Waals surface area contributed by atoms with Crippen LogP contribution < -0.4 is 11.1 Å². The number of halogens is 2. The highest BCUT2D eigenvalue weighted by atomic mass is 19.3. The molecule has 3 nitrogen and oxygen atoms in total. The lowest BCUT2D eigenvalue weighted by molar-refractivity contribution is -0.120. The third-order valence-corrected chi connectivity index (χ3v) is 2.28. The minimum atomic E-state index is -2.55. The summed E-state index contributed by atoms with van der Waals surface area (Å²) in [6.07, 6.45) is -2.55. The summed E-state index contributed by atoms with van der Waals surface area (Å²) in [6.45, 7) is 3.71. The Hall–Kier alpha value is -1.49. The molecule has 0 aliphatic heterocycles. The maximum atomic E-state index is 12.5. The van der Waals surface area contributed by atoms with Gasteiger partial charge in [0.2, 0.25) is 5.91 Å². The third-order valence-electron chi connectivity index (χ3n) is 2.28. The van der Waals surface area contributed by atoms with Crippen LogP contribution in [0.4, 0.5) is 8.78 Å². The number of nitrogens with two attached hydrogens (primary N) is 1. The fourth-order valence-corrected chi connectivity index (χ4v) is 1.55. The second-order valence-corrected chi connectivity index (χ2v) is 4.13. The highest BCUT2D eigenvalue weighted by molar-refractivity contribution is 5.81. The van der Waals surface area contributed by atoms with Crippen molar-refractivity contribution in [1.82, 2.24) is 5.32 Å². The smallest absolute Gasteiger partial charge is 0.263 e. The Bertz CT molecular complexity index is 394. The molecule has 0 heterocycles. The molecule has 1 aromatic carbocycles. The Kier molecular flexibility index (Phi) is 4.57. The lowest BCUT2D eigenvalue weighted by Gasteiger charge is -2.19. The van der Waals surface area contributed by atoms with Gasteiger partial charge in [-0.15, -0.1) is 0 Å². The molecule has 17 heavy (non-hydrogen) atoms. The predicted octanol–water partition coefficient (Wildman–Crippen LogP) is 2.15. The van der Waals surface area contributed by atoms with Gasteiger partial charge in [0.25, 0.3) is 6.43 Å². The van der Waals surface area contributed by atoms with Crippen LogP contribution in [0, 0.1) is 0 Å². The fraction of sp³-hybridized carbons (Fsp3) is 0.417. The zero-order valence-electron chi connectivity index (χ0n) is 9.78. The monoisotopic (exact) mass is 242 g/mol. The van der Waals surface area contributed by atoms with Crippen LogP contribution in [0.15, 0.2) is 24.3 Å². The third kappa shape index (κ3) is 3.78. The normalized spacial score (nSPS) is 13.1. The summed E-state index contributed by atoms with van der Waals surface area (Å²) < 4.78 is 25.1. The summed E-state index contributed by atoms with van der Waals surface area (Å²) in [6, 6.07) is 5.01. The predicted molar refractivity (Wildman–Crippen MR) is 61.6 cm³/mol. The van der Waals surface area contributed by atoms with Crippen molar-refractivity contribution in [3.8, 4) is 0 Å². The zero-order chi connectivity index (χ0) is 13.0. The summed E-state index contributed by atoms with van der Waals surface area (Å²) in [5, 5.41) is 2.94. The molecule has 1 amide bonds. The average molecular weight is 242 g/mol. The lowest BCUT2D eigenvalue weighted by atomic mass is 10.0. The van der Waals surface area contributed by atoms with Gasteiger partial charge in [0.15, 0.2) is 0 Å². The Morgan fingerprint density at radius 2 is 1.88 bits per heavy atom.